The molecule has 0 saturated heterocycles. The Morgan fingerprint density at radius 3 is 3.00 bits per heavy atom. The quantitative estimate of drug-likeness (QED) is 0.739. The SMILES string of the molecule is Cc1nc2cc(S(=O)O)ccc2s1. The van der Waals surface area contributed by atoms with Gasteiger partial charge in [-0.1, -0.05) is 0 Å². The summed E-state index contributed by atoms with van der Waals surface area (Å²) in [6.45, 7) is 1.92. The van der Waals surface area contributed by atoms with Crippen LogP contribution in [-0.2, 0) is 11.1 Å². The topological polar surface area (TPSA) is 50.2 Å². The highest BCUT2D eigenvalue weighted by Crippen LogP contribution is 2.23. The third kappa shape index (κ3) is 1.63. The minimum absolute atomic E-state index is 0.401. The van der Waals surface area contributed by atoms with Crippen LogP contribution in [0.2, 0.25) is 0 Å². The molecule has 3 nitrogen and oxygen atoms in total. The zero-order chi connectivity index (χ0) is 9.42. The van der Waals surface area contributed by atoms with Crippen molar-refractivity contribution in [2.24, 2.45) is 0 Å². The van der Waals surface area contributed by atoms with Crippen molar-refractivity contribution >= 4 is 32.6 Å². The van der Waals surface area contributed by atoms with Gasteiger partial charge in [-0.05, 0) is 25.1 Å². The van der Waals surface area contributed by atoms with Crippen molar-refractivity contribution in [3.05, 3.63) is 23.2 Å². The molecule has 0 spiro atoms. The molecular weight excluding hydrogens is 206 g/mol. The second kappa shape index (κ2) is 3.17. The summed E-state index contributed by atoms with van der Waals surface area (Å²) in [7, 11) is 0. The molecule has 0 fully saturated rings. The number of aromatic nitrogens is 1. The van der Waals surface area contributed by atoms with Gasteiger partial charge in [-0.2, -0.15) is 0 Å². The molecule has 0 saturated carbocycles. The summed E-state index contributed by atoms with van der Waals surface area (Å²) < 4.78 is 20.6. The standard InChI is InChI=1S/C8H7NO2S2/c1-5-9-7-4-6(13(10)11)2-3-8(7)12-5/h2-4H,1H3,(H,10,11). The maximum atomic E-state index is 10.7. The third-order valence-electron chi connectivity index (χ3n) is 1.67. The Kier molecular flexibility index (Phi) is 2.15. The lowest BCUT2D eigenvalue weighted by Gasteiger charge is -1.92. The summed E-state index contributed by atoms with van der Waals surface area (Å²) in [5.74, 6) is 0. The van der Waals surface area contributed by atoms with E-state index in [1.165, 1.54) is 0 Å². The number of nitrogens with zero attached hydrogens (tertiary/aromatic N) is 1. The largest absolute Gasteiger partial charge is 0.302 e. The van der Waals surface area contributed by atoms with Gasteiger partial charge in [0.1, 0.15) is 0 Å². The van der Waals surface area contributed by atoms with Crippen molar-refractivity contribution in [1.29, 1.82) is 0 Å². The van der Waals surface area contributed by atoms with Crippen LogP contribution in [0.1, 0.15) is 5.01 Å². The van der Waals surface area contributed by atoms with Crippen molar-refractivity contribution in [2.75, 3.05) is 0 Å². The number of fused-ring (bicyclic) bond motifs is 1. The second-order valence-corrected chi connectivity index (χ2v) is 4.82. The maximum absolute atomic E-state index is 10.7. The summed E-state index contributed by atoms with van der Waals surface area (Å²) in [4.78, 5) is 4.63. The fourth-order valence-electron chi connectivity index (χ4n) is 1.13. The molecule has 1 aromatic carbocycles. The molecule has 1 atom stereocenters. The van der Waals surface area contributed by atoms with Crippen molar-refractivity contribution in [3.63, 3.8) is 0 Å². The molecule has 0 radical (unpaired) electrons. The minimum Gasteiger partial charge on any atom is -0.302 e. The van der Waals surface area contributed by atoms with Crippen molar-refractivity contribution in [1.82, 2.24) is 4.98 Å². The van der Waals surface area contributed by atoms with Crippen LogP contribution in [-0.4, -0.2) is 13.7 Å². The Balaban J connectivity index is 2.67. The molecule has 1 unspecified atom stereocenters. The summed E-state index contributed by atoms with van der Waals surface area (Å²) in [6.07, 6.45) is 0. The molecule has 0 bridgehead atoms. The molecule has 5 heteroatoms. The van der Waals surface area contributed by atoms with Crippen LogP contribution in [0.15, 0.2) is 23.1 Å². The molecule has 0 amide bonds. The van der Waals surface area contributed by atoms with Crippen LogP contribution in [0.3, 0.4) is 0 Å². The van der Waals surface area contributed by atoms with E-state index in [0.29, 0.717) is 4.90 Å². The first-order chi connectivity index (χ1) is 6.16. The van der Waals surface area contributed by atoms with Crippen molar-refractivity contribution in [3.8, 4) is 0 Å². The highest BCUT2D eigenvalue weighted by molar-refractivity contribution is 7.79. The number of hydrogen-bond acceptors (Lipinski definition) is 3. The van der Waals surface area contributed by atoms with Gasteiger partial charge in [-0.15, -0.1) is 11.3 Å². The van der Waals surface area contributed by atoms with Crippen LogP contribution < -0.4 is 0 Å². The smallest absolute Gasteiger partial charge is 0.186 e. The molecule has 2 aromatic rings. The number of hydrogen-bond donors (Lipinski definition) is 1. The minimum atomic E-state index is -1.91. The average molecular weight is 213 g/mol. The fourth-order valence-corrected chi connectivity index (χ4v) is 2.34. The Labute approximate surface area is 81.7 Å². The van der Waals surface area contributed by atoms with E-state index >= 15 is 0 Å². The Hall–Kier alpha value is -0.780. The van der Waals surface area contributed by atoms with E-state index in [-0.39, 0.29) is 0 Å². The molecule has 2 rings (SSSR count). The van der Waals surface area contributed by atoms with E-state index in [1.807, 2.05) is 13.0 Å². The Morgan fingerprint density at radius 1 is 1.54 bits per heavy atom. The molecule has 1 heterocycles. The lowest BCUT2D eigenvalue weighted by molar-refractivity contribution is 0.564. The first-order valence-electron chi connectivity index (χ1n) is 3.65. The van der Waals surface area contributed by atoms with Gasteiger partial charge in [0.25, 0.3) is 0 Å². The molecule has 1 aromatic heterocycles. The van der Waals surface area contributed by atoms with Crippen LogP contribution in [0, 0.1) is 6.92 Å². The molecule has 13 heavy (non-hydrogen) atoms. The van der Waals surface area contributed by atoms with Gasteiger partial charge in [-0.3, -0.25) is 0 Å². The van der Waals surface area contributed by atoms with Crippen LogP contribution in [0.4, 0.5) is 0 Å². The Morgan fingerprint density at radius 2 is 2.31 bits per heavy atom. The summed E-state index contributed by atoms with van der Waals surface area (Å²) >= 11 is -0.330. The molecular formula is C8H7NO2S2. The van der Waals surface area contributed by atoms with Gasteiger partial charge in [0.05, 0.1) is 20.1 Å². The van der Waals surface area contributed by atoms with E-state index in [1.54, 1.807) is 23.5 Å². The number of rotatable bonds is 1. The number of benzene rings is 1. The van der Waals surface area contributed by atoms with Gasteiger partial charge in [0.2, 0.25) is 0 Å². The van der Waals surface area contributed by atoms with Crippen LogP contribution >= 0.6 is 11.3 Å². The number of aryl methyl sites for hydroxylation is 1. The van der Waals surface area contributed by atoms with E-state index in [2.05, 4.69) is 4.98 Å². The first kappa shape index (κ1) is 8.80. The molecule has 0 aliphatic rings. The third-order valence-corrected chi connectivity index (χ3v) is 3.28. The van der Waals surface area contributed by atoms with E-state index in [9.17, 15) is 4.21 Å². The van der Waals surface area contributed by atoms with Crippen molar-refractivity contribution in [2.45, 2.75) is 11.8 Å². The van der Waals surface area contributed by atoms with Crippen LogP contribution in [0.25, 0.3) is 10.2 Å². The zero-order valence-electron chi connectivity index (χ0n) is 6.85. The van der Waals surface area contributed by atoms with Crippen LogP contribution in [0.5, 0.6) is 0 Å². The van der Waals surface area contributed by atoms with E-state index in [4.69, 9.17) is 4.55 Å². The highest BCUT2D eigenvalue weighted by Gasteiger charge is 2.04. The average Bonchev–Trinajstić information content (AvgIpc) is 2.42. The number of thiazole rings is 1. The highest BCUT2D eigenvalue weighted by atomic mass is 32.2. The molecule has 68 valence electrons. The fraction of sp³-hybridized carbons (Fsp3) is 0.125. The lowest BCUT2D eigenvalue weighted by atomic mass is 10.3. The molecule has 1 N–H and O–H groups in total. The summed E-state index contributed by atoms with van der Waals surface area (Å²) in [6, 6.07) is 5.12. The summed E-state index contributed by atoms with van der Waals surface area (Å²) in [5.41, 5.74) is 0.794. The first-order valence-corrected chi connectivity index (χ1v) is 5.57. The van der Waals surface area contributed by atoms with Gasteiger partial charge < -0.3 is 4.55 Å². The maximum Gasteiger partial charge on any atom is 0.186 e. The lowest BCUT2D eigenvalue weighted by Crippen LogP contribution is -1.86. The Bertz CT molecular complexity index is 478. The van der Waals surface area contributed by atoms with Gasteiger partial charge in [0.15, 0.2) is 11.1 Å². The second-order valence-electron chi connectivity index (χ2n) is 2.61. The zero-order valence-corrected chi connectivity index (χ0v) is 8.48. The van der Waals surface area contributed by atoms with Gasteiger partial charge in [-0.25, -0.2) is 9.19 Å². The van der Waals surface area contributed by atoms with Gasteiger partial charge >= 0.3 is 0 Å². The van der Waals surface area contributed by atoms with Crippen molar-refractivity contribution < 1.29 is 8.76 Å². The predicted molar refractivity (Wildman–Crippen MR) is 53.4 cm³/mol. The summed E-state index contributed by atoms with van der Waals surface area (Å²) in [5, 5.41) is 0.968. The van der Waals surface area contributed by atoms with E-state index < -0.39 is 11.1 Å². The monoisotopic (exact) mass is 213 g/mol. The molecule has 0 aliphatic heterocycles. The normalized spacial score (nSPS) is 13.4. The molecule has 0 aliphatic carbocycles. The predicted octanol–water partition coefficient (Wildman–Crippen LogP) is 2.19. The van der Waals surface area contributed by atoms with Gasteiger partial charge in [0, 0.05) is 0 Å². The van der Waals surface area contributed by atoms with E-state index in [0.717, 1.165) is 15.2 Å².